The monoisotopic (exact) mass is 248 g/mol. The number of hydrogen-bond acceptors (Lipinski definition) is 2. The van der Waals surface area contributed by atoms with Gasteiger partial charge in [-0.1, -0.05) is 18.2 Å². The summed E-state index contributed by atoms with van der Waals surface area (Å²) < 4.78 is 26.5. The highest BCUT2D eigenvalue weighted by Crippen LogP contribution is 2.53. The topological polar surface area (TPSA) is 38.9 Å². The molecule has 2 aromatic rings. The molecule has 0 amide bonds. The molecule has 94 valence electrons. The van der Waals surface area contributed by atoms with Gasteiger partial charge < -0.3 is 5.73 Å². The van der Waals surface area contributed by atoms with Crippen LogP contribution in [0.3, 0.4) is 0 Å². The number of fused-ring (bicyclic) bond motifs is 1. The number of hydrogen-bond donors (Lipinski definition) is 1. The van der Waals surface area contributed by atoms with Crippen LogP contribution in [-0.2, 0) is 5.41 Å². The molecule has 0 aliphatic heterocycles. The molecule has 0 radical (unpaired) electrons. The van der Waals surface area contributed by atoms with Gasteiger partial charge >= 0.3 is 0 Å². The van der Waals surface area contributed by atoms with Gasteiger partial charge in [0.25, 0.3) is 0 Å². The van der Waals surface area contributed by atoms with Crippen molar-refractivity contribution < 1.29 is 8.78 Å². The van der Waals surface area contributed by atoms with Crippen molar-refractivity contribution in [3.8, 4) is 0 Å². The number of para-hydroxylation sites is 1. The second-order valence-corrected chi connectivity index (χ2v) is 5.07. The van der Waals surface area contributed by atoms with Crippen LogP contribution in [0.1, 0.15) is 18.4 Å². The van der Waals surface area contributed by atoms with E-state index in [9.17, 15) is 8.78 Å². The molecular formula is C14H14F2N2. The van der Waals surface area contributed by atoms with Crippen molar-refractivity contribution in [1.82, 2.24) is 4.98 Å². The van der Waals surface area contributed by atoms with E-state index in [2.05, 4.69) is 4.98 Å². The highest BCUT2D eigenvalue weighted by Gasteiger charge is 2.56. The third kappa shape index (κ3) is 1.60. The predicted molar refractivity (Wildman–Crippen MR) is 66.7 cm³/mol. The van der Waals surface area contributed by atoms with Gasteiger partial charge in [0.1, 0.15) is 0 Å². The van der Waals surface area contributed by atoms with Gasteiger partial charge in [-0.3, -0.25) is 4.98 Å². The van der Waals surface area contributed by atoms with Crippen molar-refractivity contribution in [2.24, 2.45) is 5.73 Å². The first-order chi connectivity index (χ1) is 8.56. The van der Waals surface area contributed by atoms with Gasteiger partial charge in [-0.05, 0) is 17.7 Å². The fraction of sp³-hybridized carbons (Fsp3) is 0.357. The molecule has 0 bridgehead atoms. The Morgan fingerprint density at radius 1 is 1.17 bits per heavy atom. The van der Waals surface area contributed by atoms with Crippen LogP contribution in [0.15, 0.2) is 36.5 Å². The van der Waals surface area contributed by atoms with E-state index >= 15 is 0 Å². The number of aromatic nitrogens is 1. The smallest absolute Gasteiger partial charge is 0.250 e. The van der Waals surface area contributed by atoms with Gasteiger partial charge in [0.05, 0.1) is 5.52 Å². The summed E-state index contributed by atoms with van der Waals surface area (Å²) in [6.07, 6.45) is 1.35. The van der Waals surface area contributed by atoms with Gasteiger partial charge in [-0.15, -0.1) is 0 Å². The van der Waals surface area contributed by atoms with E-state index in [1.54, 1.807) is 6.20 Å². The summed E-state index contributed by atoms with van der Waals surface area (Å²) in [5.74, 6) is -2.58. The lowest BCUT2D eigenvalue weighted by molar-refractivity contribution is -0.123. The van der Waals surface area contributed by atoms with Crippen molar-refractivity contribution in [3.05, 3.63) is 42.1 Å². The first kappa shape index (κ1) is 11.5. The molecule has 1 aromatic carbocycles. The minimum atomic E-state index is -2.58. The average Bonchev–Trinajstić information content (AvgIpc) is 2.35. The highest BCUT2D eigenvalue weighted by atomic mass is 19.3. The Bertz CT molecular complexity index is 582. The fourth-order valence-electron chi connectivity index (χ4n) is 2.94. The molecule has 1 aliphatic rings. The normalized spacial score (nSPS) is 20.6. The van der Waals surface area contributed by atoms with E-state index in [-0.39, 0.29) is 19.4 Å². The summed E-state index contributed by atoms with van der Waals surface area (Å²) in [4.78, 5) is 4.26. The van der Waals surface area contributed by atoms with Crippen LogP contribution >= 0.6 is 0 Å². The molecule has 0 spiro atoms. The highest BCUT2D eigenvalue weighted by molar-refractivity contribution is 5.83. The molecule has 4 heteroatoms. The number of pyridine rings is 1. The SMILES string of the molecule is NCC1(c2ccnc3ccccc23)CC(F)(F)C1. The molecule has 0 unspecified atom stereocenters. The second-order valence-electron chi connectivity index (χ2n) is 5.07. The van der Waals surface area contributed by atoms with E-state index in [1.165, 1.54) is 0 Å². The number of nitrogens with zero attached hydrogens (tertiary/aromatic N) is 1. The number of alkyl halides is 2. The van der Waals surface area contributed by atoms with Crippen LogP contribution < -0.4 is 5.73 Å². The molecule has 2 N–H and O–H groups in total. The van der Waals surface area contributed by atoms with Gasteiger partial charge in [0.15, 0.2) is 0 Å². The Balaban J connectivity index is 2.14. The minimum Gasteiger partial charge on any atom is -0.330 e. The summed E-state index contributed by atoms with van der Waals surface area (Å²) in [6.45, 7) is 0.247. The molecule has 1 aliphatic carbocycles. The predicted octanol–water partition coefficient (Wildman–Crippen LogP) is 2.86. The number of rotatable bonds is 2. The van der Waals surface area contributed by atoms with E-state index in [0.29, 0.717) is 0 Å². The Morgan fingerprint density at radius 2 is 1.89 bits per heavy atom. The van der Waals surface area contributed by atoms with E-state index in [1.807, 2.05) is 30.3 Å². The van der Waals surface area contributed by atoms with Gasteiger partial charge in [0, 0.05) is 36.4 Å². The van der Waals surface area contributed by atoms with Crippen molar-refractivity contribution in [2.45, 2.75) is 24.2 Å². The summed E-state index contributed by atoms with van der Waals surface area (Å²) in [7, 11) is 0. The second kappa shape index (κ2) is 3.72. The van der Waals surface area contributed by atoms with Crippen LogP contribution in [0.25, 0.3) is 10.9 Å². The fourth-order valence-corrected chi connectivity index (χ4v) is 2.94. The van der Waals surface area contributed by atoms with Crippen molar-refractivity contribution in [1.29, 1.82) is 0 Å². The van der Waals surface area contributed by atoms with Crippen molar-refractivity contribution >= 4 is 10.9 Å². The van der Waals surface area contributed by atoms with Crippen molar-refractivity contribution in [2.75, 3.05) is 6.54 Å². The molecule has 1 saturated carbocycles. The molecule has 3 rings (SSSR count). The van der Waals surface area contributed by atoms with Crippen molar-refractivity contribution in [3.63, 3.8) is 0 Å². The molecule has 2 nitrogen and oxygen atoms in total. The number of benzene rings is 1. The zero-order valence-electron chi connectivity index (χ0n) is 9.87. The molecule has 0 saturated heterocycles. The molecular weight excluding hydrogens is 234 g/mol. The standard InChI is InChI=1S/C14H14F2N2/c15-14(16)7-13(8-14,9-17)11-5-6-18-12-4-2-1-3-10(11)12/h1-6H,7-9,17H2. The summed E-state index contributed by atoms with van der Waals surface area (Å²) >= 11 is 0. The zero-order valence-corrected chi connectivity index (χ0v) is 9.87. The Labute approximate surface area is 104 Å². The first-order valence-corrected chi connectivity index (χ1v) is 5.99. The first-order valence-electron chi connectivity index (χ1n) is 5.99. The largest absolute Gasteiger partial charge is 0.330 e. The summed E-state index contributed by atoms with van der Waals surface area (Å²) in [6, 6.07) is 9.42. The molecule has 1 fully saturated rings. The molecule has 1 aromatic heterocycles. The number of nitrogens with two attached hydrogens (primary N) is 1. The maximum absolute atomic E-state index is 13.2. The van der Waals surface area contributed by atoms with E-state index in [0.717, 1.165) is 16.5 Å². The maximum Gasteiger partial charge on any atom is 0.250 e. The van der Waals surface area contributed by atoms with Gasteiger partial charge in [-0.25, -0.2) is 8.78 Å². The van der Waals surface area contributed by atoms with Crippen LogP contribution in [0.4, 0.5) is 8.78 Å². The average molecular weight is 248 g/mol. The van der Waals surface area contributed by atoms with Crippen LogP contribution in [-0.4, -0.2) is 17.5 Å². The quantitative estimate of drug-likeness (QED) is 0.887. The lowest BCUT2D eigenvalue weighted by Crippen LogP contribution is -2.53. The summed E-state index contributed by atoms with van der Waals surface area (Å²) in [5, 5.41) is 0.931. The van der Waals surface area contributed by atoms with Gasteiger partial charge in [0.2, 0.25) is 5.92 Å². The maximum atomic E-state index is 13.2. The molecule has 18 heavy (non-hydrogen) atoms. The third-order valence-electron chi connectivity index (χ3n) is 3.81. The third-order valence-corrected chi connectivity index (χ3v) is 3.81. The lowest BCUT2D eigenvalue weighted by Gasteiger charge is -2.47. The molecule has 0 atom stereocenters. The van der Waals surface area contributed by atoms with Crippen LogP contribution in [0, 0.1) is 0 Å². The van der Waals surface area contributed by atoms with Gasteiger partial charge in [-0.2, -0.15) is 0 Å². The zero-order chi connectivity index (χ0) is 12.8. The Morgan fingerprint density at radius 3 is 2.56 bits per heavy atom. The minimum absolute atomic E-state index is 0.162. The Hall–Kier alpha value is -1.55. The Kier molecular flexibility index (Phi) is 2.38. The van der Waals surface area contributed by atoms with E-state index in [4.69, 9.17) is 5.73 Å². The van der Waals surface area contributed by atoms with Crippen LogP contribution in [0.2, 0.25) is 0 Å². The molecule has 1 heterocycles. The van der Waals surface area contributed by atoms with Crippen LogP contribution in [0.5, 0.6) is 0 Å². The summed E-state index contributed by atoms with van der Waals surface area (Å²) in [5.41, 5.74) is 6.90. The van der Waals surface area contributed by atoms with E-state index < -0.39 is 11.3 Å². The lowest BCUT2D eigenvalue weighted by atomic mass is 9.61. The number of halogens is 2.